The fraction of sp³-hybridized carbons (Fsp3) is 0.538. The highest BCUT2D eigenvalue weighted by molar-refractivity contribution is 6.31. The number of β-amino-alcohol motifs (C(OH)–C–C–N with tert-alkyl or cyclic N) is 1. The van der Waals surface area contributed by atoms with E-state index in [0.717, 1.165) is 12.8 Å². The van der Waals surface area contributed by atoms with Gasteiger partial charge in [0.25, 0.3) is 5.69 Å². The van der Waals surface area contributed by atoms with E-state index in [0.29, 0.717) is 36.1 Å². The first-order valence-corrected chi connectivity index (χ1v) is 6.74. The van der Waals surface area contributed by atoms with E-state index in [1.807, 2.05) is 4.90 Å². The molecule has 0 amide bonds. The molecule has 1 aromatic rings. The van der Waals surface area contributed by atoms with Crippen molar-refractivity contribution in [2.24, 2.45) is 5.92 Å². The van der Waals surface area contributed by atoms with Crippen LogP contribution in [0.2, 0.25) is 5.02 Å². The van der Waals surface area contributed by atoms with Crippen LogP contribution in [-0.4, -0.2) is 33.6 Å². The van der Waals surface area contributed by atoms with E-state index in [9.17, 15) is 15.2 Å². The maximum absolute atomic E-state index is 11.0. The molecule has 0 aromatic heterocycles. The van der Waals surface area contributed by atoms with E-state index in [2.05, 4.69) is 0 Å². The zero-order valence-corrected chi connectivity index (χ0v) is 11.1. The van der Waals surface area contributed by atoms with Gasteiger partial charge in [-0.2, -0.15) is 0 Å². The van der Waals surface area contributed by atoms with E-state index in [1.54, 1.807) is 12.1 Å². The molecule has 1 aliphatic heterocycles. The van der Waals surface area contributed by atoms with E-state index < -0.39 is 10.5 Å². The van der Waals surface area contributed by atoms with Gasteiger partial charge >= 0.3 is 0 Å². The molecule has 1 aliphatic carbocycles. The molecular weight excluding hydrogens is 268 g/mol. The lowest BCUT2D eigenvalue weighted by atomic mass is 9.88. The Hall–Kier alpha value is -1.17. The molecule has 102 valence electrons. The first kappa shape index (κ1) is 12.8. The van der Waals surface area contributed by atoms with Crippen molar-refractivity contribution < 1.29 is 10.0 Å². The monoisotopic (exact) mass is 282 g/mol. The Morgan fingerprint density at radius 2 is 2.16 bits per heavy atom. The van der Waals surface area contributed by atoms with Crippen LogP contribution >= 0.6 is 11.6 Å². The van der Waals surface area contributed by atoms with Gasteiger partial charge in [0.2, 0.25) is 0 Å². The minimum atomic E-state index is -0.573. The standard InChI is InChI=1S/C13H15ClN2O3/c14-11-2-1-3-12(16(18)19)10(11)6-15-7-13(17,8-15)9-4-5-9/h1-3,9,17H,4-8H2. The van der Waals surface area contributed by atoms with E-state index in [1.165, 1.54) is 6.07 Å². The molecule has 0 spiro atoms. The number of nitrogens with zero attached hydrogens (tertiary/aromatic N) is 2. The average molecular weight is 283 g/mol. The lowest BCUT2D eigenvalue weighted by molar-refractivity contribution is -0.385. The highest BCUT2D eigenvalue weighted by atomic mass is 35.5. The van der Waals surface area contributed by atoms with Gasteiger partial charge in [0.1, 0.15) is 0 Å². The molecule has 1 N–H and O–H groups in total. The molecular formula is C13H15ClN2O3. The number of rotatable bonds is 4. The Morgan fingerprint density at radius 1 is 1.47 bits per heavy atom. The van der Waals surface area contributed by atoms with Crippen LogP contribution in [0.1, 0.15) is 18.4 Å². The van der Waals surface area contributed by atoms with Crippen molar-refractivity contribution in [1.29, 1.82) is 0 Å². The minimum Gasteiger partial charge on any atom is -0.387 e. The van der Waals surface area contributed by atoms with Gasteiger partial charge in [0.15, 0.2) is 0 Å². The Labute approximate surface area is 115 Å². The quantitative estimate of drug-likeness (QED) is 0.679. The molecule has 0 unspecified atom stereocenters. The molecule has 0 radical (unpaired) electrons. The van der Waals surface area contributed by atoms with Crippen molar-refractivity contribution in [2.45, 2.75) is 25.0 Å². The third-order valence-corrected chi connectivity index (χ3v) is 4.36. The van der Waals surface area contributed by atoms with E-state index in [-0.39, 0.29) is 5.69 Å². The van der Waals surface area contributed by atoms with Crippen LogP contribution in [0.4, 0.5) is 5.69 Å². The Balaban J connectivity index is 1.72. The summed E-state index contributed by atoms with van der Waals surface area (Å²) in [5.74, 6) is 0.421. The van der Waals surface area contributed by atoms with Gasteiger partial charge in [0, 0.05) is 25.7 Å². The van der Waals surface area contributed by atoms with Crippen LogP contribution in [0.15, 0.2) is 18.2 Å². The molecule has 1 aromatic carbocycles. The smallest absolute Gasteiger partial charge is 0.275 e. The topological polar surface area (TPSA) is 66.6 Å². The summed E-state index contributed by atoms with van der Waals surface area (Å²) in [4.78, 5) is 12.6. The molecule has 1 heterocycles. The number of nitro groups is 1. The molecule has 5 nitrogen and oxygen atoms in total. The third-order valence-electron chi connectivity index (χ3n) is 4.00. The van der Waals surface area contributed by atoms with Crippen molar-refractivity contribution in [3.63, 3.8) is 0 Å². The third kappa shape index (κ3) is 2.33. The largest absolute Gasteiger partial charge is 0.387 e. The van der Waals surface area contributed by atoms with Crippen LogP contribution in [0.25, 0.3) is 0 Å². The number of hydrogen-bond acceptors (Lipinski definition) is 4. The number of halogens is 1. The first-order chi connectivity index (χ1) is 8.99. The van der Waals surface area contributed by atoms with Crippen molar-refractivity contribution in [3.8, 4) is 0 Å². The maximum Gasteiger partial charge on any atom is 0.275 e. The van der Waals surface area contributed by atoms with E-state index in [4.69, 9.17) is 11.6 Å². The lowest BCUT2D eigenvalue weighted by Gasteiger charge is -2.47. The van der Waals surface area contributed by atoms with E-state index >= 15 is 0 Å². The second-order valence-corrected chi connectivity index (χ2v) is 5.92. The van der Waals surface area contributed by atoms with Gasteiger partial charge in [-0.05, 0) is 24.8 Å². The van der Waals surface area contributed by atoms with Gasteiger partial charge in [-0.15, -0.1) is 0 Å². The molecule has 0 bridgehead atoms. The van der Waals surface area contributed by atoms with Crippen LogP contribution in [0.5, 0.6) is 0 Å². The van der Waals surface area contributed by atoms with Crippen LogP contribution < -0.4 is 0 Å². The molecule has 1 saturated heterocycles. The van der Waals surface area contributed by atoms with Crippen molar-refractivity contribution in [2.75, 3.05) is 13.1 Å². The first-order valence-electron chi connectivity index (χ1n) is 6.36. The minimum absolute atomic E-state index is 0.0503. The molecule has 3 rings (SSSR count). The maximum atomic E-state index is 11.0. The normalized spacial score (nSPS) is 22.0. The molecule has 2 aliphatic rings. The molecule has 19 heavy (non-hydrogen) atoms. The Kier molecular flexibility index (Phi) is 3.00. The SMILES string of the molecule is O=[N+]([O-])c1cccc(Cl)c1CN1CC(O)(C2CC2)C1. The number of likely N-dealkylation sites (tertiary alicyclic amines) is 1. The number of nitro benzene ring substituents is 1. The second kappa shape index (κ2) is 4.44. The van der Waals surface area contributed by atoms with Crippen LogP contribution in [0.3, 0.4) is 0 Å². The highest BCUT2D eigenvalue weighted by Gasteiger charge is 2.51. The summed E-state index contributed by atoms with van der Waals surface area (Å²) in [6, 6.07) is 4.71. The van der Waals surface area contributed by atoms with Gasteiger partial charge in [-0.25, -0.2) is 0 Å². The summed E-state index contributed by atoms with van der Waals surface area (Å²) < 4.78 is 0. The Bertz CT molecular complexity index is 525. The molecule has 6 heteroatoms. The zero-order chi connectivity index (χ0) is 13.6. The van der Waals surface area contributed by atoms with Crippen LogP contribution in [-0.2, 0) is 6.54 Å². The fourth-order valence-corrected chi connectivity index (χ4v) is 3.05. The Morgan fingerprint density at radius 3 is 2.74 bits per heavy atom. The van der Waals surface area contributed by atoms with Crippen molar-refractivity contribution >= 4 is 17.3 Å². The molecule has 2 fully saturated rings. The van der Waals surface area contributed by atoms with Crippen molar-refractivity contribution in [3.05, 3.63) is 38.9 Å². The summed E-state index contributed by atoms with van der Waals surface area (Å²) in [5, 5.41) is 21.6. The van der Waals surface area contributed by atoms with Gasteiger partial charge in [-0.1, -0.05) is 17.7 Å². The number of aliphatic hydroxyl groups is 1. The second-order valence-electron chi connectivity index (χ2n) is 5.52. The van der Waals surface area contributed by atoms with Gasteiger partial charge in [-0.3, -0.25) is 15.0 Å². The number of hydrogen-bond donors (Lipinski definition) is 1. The lowest BCUT2D eigenvalue weighted by Crippen LogP contribution is -2.62. The summed E-state index contributed by atoms with van der Waals surface area (Å²) in [7, 11) is 0. The zero-order valence-electron chi connectivity index (χ0n) is 10.4. The fourth-order valence-electron chi connectivity index (χ4n) is 2.82. The predicted octanol–water partition coefficient (Wildman–Crippen LogP) is 2.20. The van der Waals surface area contributed by atoms with Crippen molar-refractivity contribution in [1.82, 2.24) is 4.90 Å². The van der Waals surface area contributed by atoms with Gasteiger partial charge in [0.05, 0.1) is 21.1 Å². The highest BCUT2D eigenvalue weighted by Crippen LogP contribution is 2.45. The molecule has 0 atom stereocenters. The number of benzene rings is 1. The van der Waals surface area contributed by atoms with Gasteiger partial charge < -0.3 is 5.11 Å². The predicted molar refractivity (Wildman–Crippen MR) is 71.1 cm³/mol. The summed E-state index contributed by atoms with van der Waals surface area (Å²) in [6.07, 6.45) is 2.19. The summed E-state index contributed by atoms with van der Waals surface area (Å²) in [5.41, 5.74) is 0.0112. The summed E-state index contributed by atoms with van der Waals surface area (Å²) >= 11 is 6.05. The average Bonchev–Trinajstić information content (AvgIpc) is 3.12. The molecule has 1 saturated carbocycles. The van der Waals surface area contributed by atoms with Crippen LogP contribution in [0, 0.1) is 16.0 Å². The summed E-state index contributed by atoms with van der Waals surface area (Å²) in [6.45, 7) is 1.59.